The number of nitrogens with one attached hydrogen (secondary N) is 1. The van der Waals surface area contributed by atoms with Gasteiger partial charge in [-0.15, -0.1) is 0 Å². The van der Waals surface area contributed by atoms with Gasteiger partial charge in [-0.1, -0.05) is 54.6 Å². The summed E-state index contributed by atoms with van der Waals surface area (Å²) in [6.45, 7) is 6.75. The van der Waals surface area contributed by atoms with Crippen molar-refractivity contribution in [2.24, 2.45) is 5.73 Å². The van der Waals surface area contributed by atoms with Crippen molar-refractivity contribution in [1.82, 2.24) is 15.1 Å². The molecular weight excluding hydrogens is 404 g/mol. The summed E-state index contributed by atoms with van der Waals surface area (Å²) in [5, 5.41) is 2.53. The van der Waals surface area contributed by atoms with Crippen molar-refractivity contribution in [2.45, 2.75) is 19.5 Å². The highest BCUT2D eigenvalue weighted by atomic mass is 16.2. The van der Waals surface area contributed by atoms with E-state index in [0.717, 1.165) is 38.3 Å². The van der Waals surface area contributed by atoms with Gasteiger partial charge in [0.2, 0.25) is 5.78 Å². The number of Topliss-reactive ketones (excluding diaryl/α,β-unsaturated/α-hetero) is 1. The van der Waals surface area contributed by atoms with Crippen LogP contribution in [0, 0.1) is 0 Å². The van der Waals surface area contributed by atoms with Gasteiger partial charge in [0, 0.05) is 38.3 Å². The van der Waals surface area contributed by atoms with Crippen LogP contribution in [-0.2, 0) is 16.1 Å². The smallest absolute Gasteiger partial charge is 0.287 e. The van der Waals surface area contributed by atoms with E-state index in [0.29, 0.717) is 11.1 Å². The Hall–Kier alpha value is -3.29. The Labute approximate surface area is 188 Å². The Morgan fingerprint density at radius 3 is 2.31 bits per heavy atom. The first-order valence-electron chi connectivity index (χ1n) is 10.7. The van der Waals surface area contributed by atoms with E-state index < -0.39 is 23.6 Å². The van der Waals surface area contributed by atoms with Gasteiger partial charge in [0.05, 0.1) is 6.04 Å². The van der Waals surface area contributed by atoms with Crippen LogP contribution in [0.1, 0.15) is 34.0 Å². The summed E-state index contributed by atoms with van der Waals surface area (Å²) in [5.41, 5.74) is 8.44. The number of nitrogens with two attached hydrogens (primary N) is 1. The van der Waals surface area contributed by atoms with Crippen molar-refractivity contribution in [3.05, 3.63) is 70.8 Å². The van der Waals surface area contributed by atoms with Crippen LogP contribution in [0.2, 0.25) is 0 Å². The van der Waals surface area contributed by atoms with Crippen molar-refractivity contribution in [1.29, 1.82) is 0 Å². The molecule has 3 N–H and O–H groups in total. The number of likely N-dealkylation sites (N-methyl/N-ethyl adjacent to an activating group) is 1. The summed E-state index contributed by atoms with van der Waals surface area (Å²) in [5.74, 6) is -2.33. The van der Waals surface area contributed by atoms with E-state index in [1.54, 1.807) is 12.1 Å². The van der Waals surface area contributed by atoms with Gasteiger partial charge in [0.15, 0.2) is 0 Å². The van der Waals surface area contributed by atoms with Gasteiger partial charge in [0.1, 0.15) is 0 Å². The Balaban J connectivity index is 1.64. The van der Waals surface area contributed by atoms with Crippen LogP contribution in [0.5, 0.6) is 0 Å². The summed E-state index contributed by atoms with van der Waals surface area (Å²) >= 11 is 0. The maximum Gasteiger partial charge on any atom is 0.287 e. The summed E-state index contributed by atoms with van der Waals surface area (Å²) in [6, 6.07) is 14.5. The Morgan fingerprint density at radius 1 is 1.00 bits per heavy atom. The normalized spacial score (nSPS) is 16.1. The van der Waals surface area contributed by atoms with Crippen LogP contribution in [0.25, 0.3) is 12.2 Å². The van der Waals surface area contributed by atoms with Crippen molar-refractivity contribution in [3.8, 4) is 0 Å². The molecule has 3 rings (SSSR count). The monoisotopic (exact) mass is 434 g/mol. The molecule has 0 bridgehead atoms. The molecule has 32 heavy (non-hydrogen) atoms. The van der Waals surface area contributed by atoms with E-state index in [1.165, 1.54) is 12.5 Å². The maximum atomic E-state index is 12.6. The number of carbonyl (C=O) groups excluding carboxylic acids is 3. The lowest BCUT2D eigenvalue weighted by Crippen LogP contribution is -2.44. The fourth-order valence-electron chi connectivity index (χ4n) is 3.59. The largest absolute Gasteiger partial charge is 0.363 e. The van der Waals surface area contributed by atoms with Gasteiger partial charge < -0.3 is 16.0 Å². The molecule has 0 spiro atoms. The predicted molar refractivity (Wildman–Crippen MR) is 126 cm³/mol. The Bertz CT molecular complexity index is 993. The first kappa shape index (κ1) is 23.4. The van der Waals surface area contributed by atoms with Crippen LogP contribution in [-0.4, -0.2) is 66.7 Å². The fraction of sp³-hybridized carbons (Fsp3) is 0.320. The average molecular weight is 435 g/mol. The van der Waals surface area contributed by atoms with Crippen molar-refractivity contribution < 1.29 is 14.4 Å². The Morgan fingerprint density at radius 2 is 1.66 bits per heavy atom. The average Bonchev–Trinajstić information content (AvgIpc) is 2.79. The number of carbonyl (C=O) groups is 3. The third-order valence-electron chi connectivity index (χ3n) is 5.63. The molecule has 0 radical (unpaired) electrons. The van der Waals surface area contributed by atoms with Gasteiger partial charge in [-0.25, -0.2) is 0 Å². The number of hydrogen-bond donors (Lipinski definition) is 2. The van der Waals surface area contributed by atoms with Crippen molar-refractivity contribution >= 4 is 29.7 Å². The van der Waals surface area contributed by atoms with Crippen LogP contribution in [0.15, 0.2) is 48.5 Å². The van der Waals surface area contributed by atoms with Gasteiger partial charge in [-0.05, 0) is 36.7 Å². The number of nitrogens with zero attached hydrogens (tertiary/aromatic N) is 2. The lowest BCUT2D eigenvalue weighted by atomic mass is 10.0. The van der Waals surface area contributed by atoms with E-state index in [1.807, 2.05) is 24.3 Å². The SMILES string of the molecule is CC(NC(=O)c1ccccc1/C=C/c1ccc(CN2CCN(C)CC2)cc1)C(=O)C(N)=O. The fourth-order valence-corrected chi connectivity index (χ4v) is 3.59. The molecule has 2 aromatic rings. The van der Waals surface area contributed by atoms with E-state index in [2.05, 4.69) is 46.4 Å². The number of benzene rings is 2. The highest BCUT2D eigenvalue weighted by Crippen LogP contribution is 2.15. The second kappa shape index (κ2) is 10.8. The molecule has 7 heteroatoms. The minimum absolute atomic E-state index is 0.416. The number of rotatable bonds is 8. The minimum Gasteiger partial charge on any atom is -0.363 e. The minimum atomic E-state index is -1.07. The van der Waals surface area contributed by atoms with Crippen LogP contribution in [0.3, 0.4) is 0 Å². The number of piperazine rings is 1. The van der Waals surface area contributed by atoms with Crippen LogP contribution >= 0.6 is 0 Å². The number of amides is 2. The molecule has 1 atom stereocenters. The lowest BCUT2D eigenvalue weighted by molar-refractivity contribution is -0.136. The summed E-state index contributed by atoms with van der Waals surface area (Å²) in [4.78, 5) is 40.1. The molecule has 1 fully saturated rings. The Kier molecular flexibility index (Phi) is 7.92. The molecule has 1 aliphatic heterocycles. The topological polar surface area (TPSA) is 95.7 Å². The van der Waals surface area contributed by atoms with Crippen molar-refractivity contribution in [2.75, 3.05) is 33.2 Å². The molecule has 0 aromatic heterocycles. The van der Waals surface area contributed by atoms with Crippen molar-refractivity contribution in [3.63, 3.8) is 0 Å². The van der Waals surface area contributed by atoms with Gasteiger partial charge in [-0.3, -0.25) is 19.3 Å². The van der Waals surface area contributed by atoms with E-state index >= 15 is 0 Å². The molecule has 7 nitrogen and oxygen atoms in total. The highest BCUT2D eigenvalue weighted by Gasteiger charge is 2.21. The number of primary amides is 1. The maximum absolute atomic E-state index is 12.6. The summed E-state index contributed by atoms with van der Waals surface area (Å²) < 4.78 is 0. The third kappa shape index (κ3) is 6.35. The second-order valence-electron chi connectivity index (χ2n) is 8.17. The zero-order valence-electron chi connectivity index (χ0n) is 18.6. The molecule has 1 saturated heterocycles. The lowest BCUT2D eigenvalue weighted by Gasteiger charge is -2.32. The molecule has 0 aliphatic carbocycles. The summed E-state index contributed by atoms with van der Waals surface area (Å²) in [7, 11) is 2.15. The third-order valence-corrected chi connectivity index (χ3v) is 5.63. The molecule has 168 valence electrons. The van der Waals surface area contributed by atoms with E-state index in [-0.39, 0.29) is 0 Å². The first-order valence-corrected chi connectivity index (χ1v) is 10.7. The molecule has 1 unspecified atom stereocenters. The predicted octanol–water partition coefficient (Wildman–Crippen LogP) is 1.78. The van der Waals surface area contributed by atoms with Crippen LogP contribution < -0.4 is 11.1 Å². The molecule has 1 aliphatic rings. The molecule has 0 saturated carbocycles. The second-order valence-corrected chi connectivity index (χ2v) is 8.17. The van der Waals surface area contributed by atoms with E-state index in [9.17, 15) is 14.4 Å². The number of hydrogen-bond acceptors (Lipinski definition) is 5. The zero-order chi connectivity index (χ0) is 23.1. The highest BCUT2D eigenvalue weighted by molar-refractivity contribution is 6.37. The standard InChI is InChI=1S/C25H30N4O3/c1-18(23(30)24(26)31)27-25(32)22-6-4-3-5-21(22)12-11-19-7-9-20(10-8-19)17-29-15-13-28(2)14-16-29/h3-12,18H,13-17H2,1-2H3,(H2,26,31)(H,27,32)/b12-11+. The molecular formula is C25H30N4O3. The van der Waals surface area contributed by atoms with E-state index in [4.69, 9.17) is 5.73 Å². The summed E-state index contributed by atoms with van der Waals surface area (Å²) in [6.07, 6.45) is 3.81. The van der Waals surface area contributed by atoms with Gasteiger partial charge in [0.25, 0.3) is 11.8 Å². The van der Waals surface area contributed by atoms with Gasteiger partial charge in [-0.2, -0.15) is 0 Å². The van der Waals surface area contributed by atoms with Crippen LogP contribution in [0.4, 0.5) is 0 Å². The molecule has 2 aromatic carbocycles. The zero-order valence-corrected chi connectivity index (χ0v) is 18.6. The van der Waals surface area contributed by atoms with Gasteiger partial charge >= 0.3 is 0 Å². The molecule has 2 amide bonds. The first-order chi connectivity index (χ1) is 15.3. The quantitative estimate of drug-likeness (QED) is 0.488. The number of ketones is 1. The molecule has 1 heterocycles.